The van der Waals surface area contributed by atoms with E-state index in [1.165, 1.54) is 45.3 Å². The summed E-state index contributed by atoms with van der Waals surface area (Å²) in [7, 11) is 0. The molecule has 0 amide bonds. The van der Waals surface area contributed by atoms with Gasteiger partial charge in [0.1, 0.15) is 0 Å². The molecule has 1 aliphatic heterocycles. The zero-order valence-corrected chi connectivity index (χ0v) is 9.02. The number of hydrogen-bond acceptors (Lipinski definition) is 2. The zero-order valence-electron chi connectivity index (χ0n) is 8.13. The van der Waals surface area contributed by atoms with Gasteiger partial charge in [-0.05, 0) is 31.8 Å². The Morgan fingerprint density at radius 2 is 2.00 bits per heavy atom. The molecule has 0 radical (unpaired) electrons. The highest BCUT2D eigenvalue weighted by Gasteiger charge is 2.17. The van der Waals surface area contributed by atoms with Crippen LogP contribution in [0.4, 0.5) is 0 Å². The lowest BCUT2D eigenvalue weighted by Gasteiger charge is -2.31. The van der Waals surface area contributed by atoms with Crippen LogP contribution in [-0.2, 0) is 0 Å². The minimum absolute atomic E-state index is 1.01. The van der Waals surface area contributed by atoms with Crippen LogP contribution in [0.5, 0.6) is 0 Å². The number of rotatable bonds is 4. The van der Waals surface area contributed by atoms with E-state index in [0.29, 0.717) is 0 Å². The maximum Gasteiger partial charge on any atom is 0.00698 e. The van der Waals surface area contributed by atoms with E-state index in [4.69, 9.17) is 0 Å². The molecule has 0 aliphatic carbocycles. The molecule has 1 heterocycles. The number of likely N-dealkylation sites (tertiary alicyclic amines) is 1. The topological polar surface area (TPSA) is 3.24 Å². The molecule has 0 unspecified atom stereocenters. The van der Waals surface area contributed by atoms with Gasteiger partial charge in [-0.2, -0.15) is 12.6 Å². The van der Waals surface area contributed by atoms with Crippen molar-refractivity contribution in [3.63, 3.8) is 0 Å². The third kappa shape index (κ3) is 3.36. The van der Waals surface area contributed by atoms with Crippen LogP contribution in [-0.4, -0.2) is 30.3 Å². The summed E-state index contributed by atoms with van der Waals surface area (Å²) >= 11 is 4.25. The Morgan fingerprint density at radius 1 is 1.33 bits per heavy atom. The second kappa shape index (κ2) is 5.87. The first-order chi connectivity index (χ1) is 5.86. The summed E-state index contributed by atoms with van der Waals surface area (Å²) in [6.07, 6.45) is 5.63. The predicted octanol–water partition coefficient (Wildman–Crippen LogP) is 2.43. The molecular weight excluding hydrogens is 166 g/mol. The summed E-state index contributed by atoms with van der Waals surface area (Å²) in [5.74, 6) is 2.03. The largest absolute Gasteiger partial charge is 0.303 e. The van der Waals surface area contributed by atoms with Gasteiger partial charge in [-0.1, -0.05) is 19.8 Å². The van der Waals surface area contributed by atoms with Crippen molar-refractivity contribution < 1.29 is 0 Å². The van der Waals surface area contributed by atoms with E-state index in [0.717, 1.165) is 11.7 Å². The van der Waals surface area contributed by atoms with E-state index in [9.17, 15) is 0 Å². The lowest BCUT2D eigenvalue weighted by molar-refractivity contribution is 0.188. The van der Waals surface area contributed by atoms with Crippen LogP contribution in [0.3, 0.4) is 0 Å². The van der Waals surface area contributed by atoms with Gasteiger partial charge in [-0.3, -0.25) is 0 Å². The standard InChI is InChI=1S/C10H21NS/c1-2-3-10-4-6-11(7-5-10)8-9-12/h10,12H,2-9H2,1H3. The van der Waals surface area contributed by atoms with Gasteiger partial charge in [-0.25, -0.2) is 0 Å². The molecule has 1 rings (SSSR count). The minimum Gasteiger partial charge on any atom is -0.303 e. The molecule has 0 atom stereocenters. The summed E-state index contributed by atoms with van der Waals surface area (Å²) in [5.41, 5.74) is 0. The quantitative estimate of drug-likeness (QED) is 0.662. The van der Waals surface area contributed by atoms with Crippen molar-refractivity contribution in [3.05, 3.63) is 0 Å². The molecule has 0 aromatic carbocycles. The number of hydrogen-bond donors (Lipinski definition) is 1. The van der Waals surface area contributed by atoms with Crippen LogP contribution in [0.2, 0.25) is 0 Å². The molecule has 1 saturated heterocycles. The van der Waals surface area contributed by atoms with Crippen LogP contribution in [0, 0.1) is 5.92 Å². The van der Waals surface area contributed by atoms with E-state index in [1.807, 2.05) is 0 Å². The van der Waals surface area contributed by atoms with E-state index in [-0.39, 0.29) is 0 Å². The lowest BCUT2D eigenvalue weighted by Crippen LogP contribution is -2.34. The number of piperidine rings is 1. The summed E-state index contributed by atoms with van der Waals surface area (Å²) in [4.78, 5) is 2.54. The SMILES string of the molecule is CCCC1CCN(CCS)CC1. The Kier molecular flexibility index (Phi) is 5.08. The van der Waals surface area contributed by atoms with E-state index in [2.05, 4.69) is 24.5 Å². The Morgan fingerprint density at radius 3 is 2.50 bits per heavy atom. The van der Waals surface area contributed by atoms with Gasteiger partial charge in [0.05, 0.1) is 0 Å². The molecule has 72 valence electrons. The van der Waals surface area contributed by atoms with Crippen molar-refractivity contribution in [2.45, 2.75) is 32.6 Å². The molecule has 0 spiro atoms. The Labute approximate surface area is 81.9 Å². The first-order valence-electron chi connectivity index (χ1n) is 5.20. The Bertz CT molecular complexity index is 94.4. The minimum atomic E-state index is 1.01. The fraction of sp³-hybridized carbons (Fsp3) is 1.00. The van der Waals surface area contributed by atoms with Crippen molar-refractivity contribution in [1.82, 2.24) is 4.90 Å². The van der Waals surface area contributed by atoms with Crippen LogP contribution in [0.1, 0.15) is 32.6 Å². The maximum absolute atomic E-state index is 4.25. The number of nitrogens with zero attached hydrogens (tertiary/aromatic N) is 1. The summed E-state index contributed by atoms with van der Waals surface area (Å²) in [6.45, 7) is 6.10. The fourth-order valence-electron chi connectivity index (χ4n) is 2.05. The third-order valence-corrected chi connectivity index (χ3v) is 3.02. The molecule has 0 aromatic rings. The highest BCUT2D eigenvalue weighted by Crippen LogP contribution is 2.21. The molecule has 1 aliphatic rings. The first-order valence-corrected chi connectivity index (χ1v) is 5.83. The Hall–Kier alpha value is 0.310. The van der Waals surface area contributed by atoms with Crippen LogP contribution >= 0.6 is 12.6 Å². The van der Waals surface area contributed by atoms with Gasteiger partial charge < -0.3 is 4.90 Å². The zero-order chi connectivity index (χ0) is 8.81. The van der Waals surface area contributed by atoms with Gasteiger partial charge in [-0.15, -0.1) is 0 Å². The molecule has 12 heavy (non-hydrogen) atoms. The van der Waals surface area contributed by atoms with Gasteiger partial charge in [0.15, 0.2) is 0 Å². The lowest BCUT2D eigenvalue weighted by atomic mass is 9.93. The normalized spacial score (nSPS) is 21.5. The second-order valence-corrected chi connectivity index (χ2v) is 4.24. The second-order valence-electron chi connectivity index (χ2n) is 3.80. The Balaban J connectivity index is 2.11. The molecule has 0 bridgehead atoms. The van der Waals surface area contributed by atoms with E-state index in [1.54, 1.807) is 0 Å². The monoisotopic (exact) mass is 187 g/mol. The molecule has 2 heteroatoms. The predicted molar refractivity (Wildman–Crippen MR) is 57.9 cm³/mol. The number of thiol groups is 1. The summed E-state index contributed by atoms with van der Waals surface area (Å²) < 4.78 is 0. The molecule has 0 N–H and O–H groups in total. The van der Waals surface area contributed by atoms with Crippen molar-refractivity contribution in [2.75, 3.05) is 25.4 Å². The average molecular weight is 187 g/mol. The van der Waals surface area contributed by atoms with Crippen LogP contribution in [0.25, 0.3) is 0 Å². The van der Waals surface area contributed by atoms with Crippen molar-refractivity contribution in [3.8, 4) is 0 Å². The van der Waals surface area contributed by atoms with Gasteiger partial charge in [0, 0.05) is 12.3 Å². The molecule has 1 nitrogen and oxygen atoms in total. The fourth-order valence-corrected chi connectivity index (χ4v) is 2.33. The van der Waals surface area contributed by atoms with Crippen molar-refractivity contribution >= 4 is 12.6 Å². The van der Waals surface area contributed by atoms with Gasteiger partial charge in [0.25, 0.3) is 0 Å². The molecular formula is C10H21NS. The third-order valence-electron chi connectivity index (χ3n) is 2.82. The van der Waals surface area contributed by atoms with E-state index >= 15 is 0 Å². The molecule has 0 saturated carbocycles. The molecule has 0 aromatic heterocycles. The van der Waals surface area contributed by atoms with Crippen molar-refractivity contribution in [2.24, 2.45) is 5.92 Å². The first kappa shape index (κ1) is 10.4. The average Bonchev–Trinajstić information content (AvgIpc) is 2.09. The maximum atomic E-state index is 4.25. The highest BCUT2D eigenvalue weighted by molar-refractivity contribution is 7.80. The smallest absolute Gasteiger partial charge is 0.00698 e. The summed E-state index contributed by atoms with van der Waals surface area (Å²) in [5, 5.41) is 0. The van der Waals surface area contributed by atoms with Crippen molar-refractivity contribution in [1.29, 1.82) is 0 Å². The van der Waals surface area contributed by atoms with E-state index < -0.39 is 0 Å². The van der Waals surface area contributed by atoms with Crippen LogP contribution < -0.4 is 0 Å². The van der Waals surface area contributed by atoms with Gasteiger partial charge >= 0.3 is 0 Å². The molecule has 1 fully saturated rings. The van der Waals surface area contributed by atoms with Gasteiger partial charge in [0.2, 0.25) is 0 Å². The highest BCUT2D eigenvalue weighted by atomic mass is 32.1. The van der Waals surface area contributed by atoms with Crippen LogP contribution in [0.15, 0.2) is 0 Å². The summed E-state index contributed by atoms with van der Waals surface area (Å²) in [6, 6.07) is 0.